The normalized spacial score (nSPS) is 36.4. The van der Waals surface area contributed by atoms with Crippen LogP contribution in [0.15, 0.2) is 0 Å². The minimum absolute atomic E-state index is 0.0209. The van der Waals surface area contributed by atoms with Crippen molar-refractivity contribution in [2.24, 2.45) is 5.92 Å². The van der Waals surface area contributed by atoms with Crippen molar-refractivity contribution in [2.45, 2.75) is 31.3 Å². The van der Waals surface area contributed by atoms with Gasteiger partial charge in [0.2, 0.25) is 5.91 Å². The van der Waals surface area contributed by atoms with E-state index in [1.807, 2.05) is 0 Å². The average molecular weight is 316 g/mol. The molecule has 2 atom stereocenters. The highest BCUT2D eigenvalue weighted by atomic mass is 32.2. The third-order valence-electron chi connectivity index (χ3n) is 4.94. The van der Waals surface area contributed by atoms with E-state index in [4.69, 9.17) is 0 Å². The van der Waals surface area contributed by atoms with Gasteiger partial charge in [-0.1, -0.05) is 0 Å². The Morgan fingerprint density at radius 1 is 1.24 bits per heavy atom. The van der Waals surface area contributed by atoms with Gasteiger partial charge in [0, 0.05) is 13.1 Å². The molecule has 0 bridgehead atoms. The van der Waals surface area contributed by atoms with E-state index in [1.54, 1.807) is 4.90 Å². The molecule has 0 unspecified atom stereocenters. The second kappa shape index (κ2) is 5.52. The van der Waals surface area contributed by atoms with Crippen molar-refractivity contribution in [3.8, 4) is 0 Å². The van der Waals surface area contributed by atoms with Crippen LogP contribution in [-0.4, -0.2) is 79.1 Å². The summed E-state index contributed by atoms with van der Waals surface area (Å²) < 4.78 is 23.0. The highest BCUT2D eigenvalue weighted by Crippen LogP contribution is 2.28. The van der Waals surface area contributed by atoms with Crippen LogP contribution in [0.1, 0.15) is 25.7 Å². The number of carbonyl (C=O) groups is 1. The molecule has 3 saturated heterocycles. The summed E-state index contributed by atoms with van der Waals surface area (Å²) in [5.74, 6) is -0.389. The zero-order valence-corrected chi connectivity index (χ0v) is 13.1. The Morgan fingerprint density at radius 2 is 1.95 bits per heavy atom. The minimum Gasteiger partial charge on any atom is -0.387 e. The van der Waals surface area contributed by atoms with E-state index in [9.17, 15) is 18.3 Å². The van der Waals surface area contributed by atoms with Crippen LogP contribution < -0.4 is 0 Å². The zero-order valence-electron chi connectivity index (χ0n) is 12.3. The highest BCUT2D eigenvalue weighted by Gasteiger charge is 2.43. The Kier molecular flexibility index (Phi) is 4.00. The number of aliphatic hydroxyl groups is 1. The van der Waals surface area contributed by atoms with E-state index in [2.05, 4.69) is 4.90 Å². The summed E-state index contributed by atoms with van der Waals surface area (Å²) in [5, 5.41) is 10.7. The minimum atomic E-state index is -3.04. The van der Waals surface area contributed by atoms with Gasteiger partial charge in [0.15, 0.2) is 9.84 Å². The predicted octanol–water partition coefficient (Wildman–Crippen LogP) is -0.520. The van der Waals surface area contributed by atoms with Crippen molar-refractivity contribution in [3.63, 3.8) is 0 Å². The number of hydrogen-bond donors (Lipinski definition) is 1. The van der Waals surface area contributed by atoms with Gasteiger partial charge in [-0.25, -0.2) is 8.42 Å². The van der Waals surface area contributed by atoms with E-state index in [1.165, 1.54) is 12.8 Å². The summed E-state index contributed by atoms with van der Waals surface area (Å²) in [6.07, 6.45) is 3.38. The number of rotatable bonds is 3. The predicted molar refractivity (Wildman–Crippen MR) is 78.6 cm³/mol. The molecule has 0 aromatic carbocycles. The van der Waals surface area contributed by atoms with Crippen LogP contribution in [0.25, 0.3) is 0 Å². The molecule has 3 heterocycles. The lowest BCUT2D eigenvalue weighted by Gasteiger charge is -2.29. The SMILES string of the molecule is O=C([C@H]1CCS(=O)(=O)C1)N1CC[C@@](O)(CN2CCCC2)C1. The first-order chi connectivity index (χ1) is 9.87. The fraction of sp³-hybridized carbons (Fsp3) is 0.929. The Labute approximate surface area is 126 Å². The number of hydrogen-bond acceptors (Lipinski definition) is 5. The maximum absolute atomic E-state index is 12.4. The molecule has 0 saturated carbocycles. The van der Waals surface area contributed by atoms with E-state index in [0.717, 1.165) is 13.1 Å². The number of sulfone groups is 1. The molecule has 0 aromatic rings. The molecule has 3 aliphatic heterocycles. The van der Waals surface area contributed by atoms with Crippen molar-refractivity contribution < 1.29 is 18.3 Å². The van der Waals surface area contributed by atoms with Crippen molar-refractivity contribution in [3.05, 3.63) is 0 Å². The van der Waals surface area contributed by atoms with Gasteiger partial charge in [-0.05, 0) is 38.8 Å². The summed E-state index contributed by atoms with van der Waals surface area (Å²) in [7, 11) is -3.04. The van der Waals surface area contributed by atoms with Gasteiger partial charge in [-0.3, -0.25) is 4.79 Å². The third-order valence-corrected chi connectivity index (χ3v) is 6.71. The van der Waals surface area contributed by atoms with Gasteiger partial charge >= 0.3 is 0 Å². The maximum Gasteiger partial charge on any atom is 0.226 e. The summed E-state index contributed by atoms with van der Waals surface area (Å²) in [6, 6.07) is 0. The van der Waals surface area contributed by atoms with Gasteiger partial charge in [0.1, 0.15) is 0 Å². The molecule has 3 aliphatic rings. The van der Waals surface area contributed by atoms with Gasteiger partial charge in [-0.15, -0.1) is 0 Å². The van der Waals surface area contributed by atoms with Crippen LogP contribution in [0.2, 0.25) is 0 Å². The molecule has 0 aliphatic carbocycles. The van der Waals surface area contributed by atoms with E-state index in [0.29, 0.717) is 32.5 Å². The molecule has 0 spiro atoms. The molecule has 3 rings (SSSR count). The lowest BCUT2D eigenvalue weighted by atomic mass is 10.0. The smallest absolute Gasteiger partial charge is 0.226 e. The number of carbonyl (C=O) groups excluding carboxylic acids is 1. The second-order valence-electron chi connectivity index (χ2n) is 6.82. The topological polar surface area (TPSA) is 77.9 Å². The van der Waals surface area contributed by atoms with Crippen molar-refractivity contribution >= 4 is 15.7 Å². The maximum atomic E-state index is 12.4. The van der Waals surface area contributed by atoms with Crippen LogP contribution >= 0.6 is 0 Å². The number of nitrogens with zero attached hydrogens (tertiary/aromatic N) is 2. The van der Waals surface area contributed by atoms with Gasteiger partial charge in [0.25, 0.3) is 0 Å². The van der Waals surface area contributed by atoms with Crippen molar-refractivity contribution in [1.29, 1.82) is 0 Å². The summed E-state index contributed by atoms with van der Waals surface area (Å²) >= 11 is 0. The van der Waals surface area contributed by atoms with Crippen molar-refractivity contribution in [2.75, 3.05) is 44.2 Å². The largest absolute Gasteiger partial charge is 0.387 e. The van der Waals surface area contributed by atoms with Crippen LogP contribution in [-0.2, 0) is 14.6 Å². The Bertz CT molecular complexity index is 515. The number of β-amino-alcohol motifs (C(OH)–C–C–N with tert-alkyl or cyclic N) is 1. The van der Waals surface area contributed by atoms with Gasteiger partial charge in [-0.2, -0.15) is 0 Å². The molecule has 0 radical (unpaired) electrons. The molecule has 3 fully saturated rings. The van der Waals surface area contributed by atoms with Crippen LogP contribution in [0.3, 0.4) is 0 Å². The van der Waals surface area contributed by atoms with Crippen LogP contribution in [0.4, 0.5) is 0 Å². The molecule has 21 heavy (non-hydrogen) atoms. The lowest BCUT2D eigenvalue weighted by molar-refractivity contribution is -0.134. The van der Waals surface area contributed by atoms with Gasteiger partial charge < -0.3 is 14.9 Å². The fourth-order valence-corrected chi connectivity index (χ4v) is 5.51. The Morgan fingerprint density at radius 3 is 2.57 bits per heavy atom. The molecular weight excluding hydrogens is 292 g/mol. The molecule has 120 valence electrons. The Balaban J connectivity index is 1.57. The first-order valence-electron chi connectivity index (χ1n) is 7.81. The third kappa shape index (κ3) is 3.40. The quantitative estimate of drug-likeness (QED) is 0.758. The molecule has 7 heteroatoms. The Hall–Kier alpha value is -0.660. The summed E-state index contributed by atoms with van der Waals surface area (Å²) in [5.41, 5.74) is -0.822. The summed E-state index contributed by atoms with van der Waals surface area (Å²) in [4.78, 5) is 16.3. The monoisotopic (exact) mass is 316 g/mol. The van der Waals surface area contributed by atoms with Gasteiger partial charge in [0.05, 0.1) is 29.6 Å². The second-order valence-corrected chi connectivity index (χ2v) is 9.05. The van der Waals surface area contributed by atoms with E-state index < -0.39 is 21.4 Å². The molecule has 0 aromatic heterocycles. The van der Waals surface area contributed by atoms with Crippen LogP contribution in [0.5, 0.6) is 0 Å². The highest BCUT2D eigenvalue weighted by molar-refractivity contribution is 7.91. The lowest BCUT2D eigenvalue weighted by Crippen LogP contribution is -2.45. The van der Waals surface area contributed by atoms with Crippen LogP contribution in [0, 0.1) is 5.92 Å². The van der Waals surface area contributed by atoms with Crippen molar-refractivity contribution in [1.82, 2.24) is 9.80 Å². The first-order valence-corrected chi connectivity index (χ1v) is 9.63. The molecule has 1 N–H and O–H groups in total. The molecule has 1 amide bonds. The number of likely N-dealkylation sites (tertiary alicyclic amines) is 2. The number of amides is 1. The average Bonchev–Trinajstić information content (AvgIpc) is 3.10. The standard InChI is InChI=1S/C14H24N2O4S/c17-13(12-3-8-21(19,20)9-12)16-7-4-14(18,11-16)10-15-5-1-2-6-15/h12,18H,1-11H2/t12-,14+/m0/s1. The fourth-order valence-electron chi connectivity index (χ4n) is 3.78. The summed E-state index contributed by atoms with van der Waals surface area (Å²) in [6.45, 7) is 3.56. The molecular formula is C14H24N2O4S. The van der Waals surface area contributed by atoms with E-state index in [-0.39, 0.29) is 17.4 Å². The van der Waals surface area contributed by atoms with E-state index >= 15 is 0 Å². The molecule has 6 nitrogen and oxygen atoms in total. The zero-order chi connectivity index (χ0) is 15.1. The first kappa shape index (κ1) is 15.2.